The molecule has 0 unspecified atom stereocenters. The van der Waals surface area contributed by atoms with Crippen LogP contribution in [0.2, 0.25) is 0 Å². The van der Waals surface area contributed by atoms with Crippen molar-refractivity contribution in [3.05, 3.63) is 56.9 Å². The van der Waals surface area contributed by atoms with E-state index in [-0.39, 0.29) is 5.75 Å². The van der Waals surface area contributed by atoms with Crippen molar-refractivity contribution in [3.8, 4) is 11.5 Å². The number of aryl methyl sites for hydroxylation is 1. The van der Waals surface area contributed by atoms with Crippen LogP contribution in [0, 0.1) is 6.92 Å². The predicted molar refractivity (Wildman–Crippen MR) is 58.9 cm³/mol. The van der Waals surface area contributed by atoms with Gasteiger partial charge in [0.2, 0.25) is 5.75 Å². The quantitative estimate of drug-likeness (QED) is 0.794. The van der Waals surface area contributed by atoms with E-state index in [1.807, 2.05) is 6.07 Å². The van der Waals surface area contributed by atoms with Crippen LogP contribution in [0.4, 0.5) is 0 Å². The van der Waals surface area contributed by atoms with E-state index in [2.05, 4.69) is 9.97 Å². The lowest BCUT2D eigenvalue weighted by Gasteiger charge is -2.06. The van der Waals surface area contributed by atoms with Crippen LogP contribution >= 0.6 is 0 Å². The second-order valence-corrected chi connectivity index (χ2v) is 3.28. The monoisotopic (exact) mass is 218 g/mol. The van der Waals surface area contributed by atoms with Crippen LogP contribution in [-0.4, -0.2) is 9.97 Å². The molecule has 5 heteroatoms. The van der Waals surface area contributed by atoms with E-state index in [9.17, 15) is 9.59 Å². The van der Waals surface area contributed by atoms with Crippen molar-refractivity contribution in [1.82, 2.24) is 9.97 Å². The first-order valence-corrected chi connectivity index (χ1v) is 4.73. The molecular formula is C11H10N2O3. The normalized spacial score (nSPS) is 10.1. The topological polar surface area (TPSA) is 75.0 Å². The molecule has 0 amide bonds. The van der Waals surface area contributed by atoms with Crippen molar-refractivity contribution >= 4 is 0 Å². The zero-order valence-electron chi connectivity index (χ0n) is 8.61. The number of para-hydroxylation sites is 1. The summed E-state index contributed by atoms with van der Waals surface area (Å²) in [7, 11) is 0. The minimum Gasteiger partial charge on any atom is -0.450 e. The first-order valence-electron chi connectivity index (χ1n) is 4.73. The SMILES string of the molecule is Cc1[nH]c(=O)[nH]c(=O)c1Oc1ccccc1. The van der Waals surface area contributed by atoms with Crippen LogP contribution in [0.3, 0.4) is 0 Å². The third-order valence-electron chi connectivity index (χ3n) is 2.04. The number of nitrogens with one attached hydrogen (secondary N) is 2. The molecule has 2 aromatic rings. The second kappa shape index (κ2) is 4.06. The van der Waals surface area contributed by atoms with Crippen LogP contribution in [0.25, 0.3) is 0 Å². The lowest BCUT2D eigenvalue weighted by Crippen LogP contribution is -2.24. The highest BCUT2D eigenvalue weighted by Crippen LogP contribution is 2.18. The molecule has 1 heterocycles. The van der Waals surface area contributed by atoms with Gasteiger partial charge in [-0.1, -0.05) is 18.2 Å². The lowest BCUT2D eigenvalue weighted by atomic mass is 10.3. The molecule has 0 saturated carbocycles. The average molecular weight is 218 g/mol. The number of hydrogen-bond donors (Lipinski definition) is 2. The summed E-state index contributed by atoms with van der Waals surface area (Å²) in [4.78, 5) is 27.0. The lowest BCUT2D eigenvalue weighted by molar-refractivity contribution is 0.466. The third-order valence-corrected chi connectivity index (χ3v) is 2.04. The predicted octanol–water partition coefficient (Wildman–Crippen LogP) is 1.16. The summed E-state index contributed by atoms with van der Waals surface area (Å²) < 4.78 is 5.38. The summed E-state index contributed by atoms with van der Waals surface area (Å²) in [5.74, 6) is 0.647. The minimum absolute atomic E-state index is 0.103. The van der Waals surface area contributed by atoms with Crippen molar-refractivity contribution in [3.63, 3.8) is 0 Å². The largest absolute Gasteiger partial charge is 0.450 e. The first kappa shape index (κ1) is 10.2. The van der Waals surface area contributed by atoms with Crippen LogP contribution in [-0.2, 0) is 0 Å². The Morgan fingerprint density at radius 1 is 1.06 bits per heavy atom. The van der Waals surface area contributed by atoms with E-state index < -0.39 is 11.2 Å². The standard InChI is InChI=1S/C11H10N2O3/c1-7-9(10(14)13-11(15)12-7)16-8-5-3-2-4-6-8/h2-6H,1H3,(H2,12,13,14,15). The van der Waals surface area contributed by atoms with Gasteiger partial charge in [-0.25, -0.2) is 4.79 Å². The van der Waals surface area contributed by atoms with Gasteiger partial charge in [-0.3, -0.25) is 9.78 Å². The average Bonchev–Trinajstić information content (AvgIpc) is 2.25. The first-order chi connectivity index (χ1) is 7.66. The van der Waals surface area contributed by atoms with E-state index in [4.69, 9.17) is 4.74 Å². The molecule has 0 saturated heterocycles. The van der Waals surface area contributed by atoms with Gasteiger partial charge in [0.15, 0.2) is 0 Å². The van der Waals surface area contributed by atoms with E-state index in [0.29, 0.717) is 11.4 Å². The number of aromatic nitrogens is 2. The summed E-state index contributed by atoms with van der Waals surface area (Å²) in [5, 5.41) is 0. The summed E-state index contributed by atoms with van der Waals surface area (Å²) in [6, 6.07) is 8.89. The van der Waals surface area contributed by atoms with Gasteiger partial charge in [-0.2, -0.15) is 0 Å². The number of aromatic amines is 2. The second-order valence-electron chi connectivity index (χ2n) is 3.28. The molecule has 1 aromatic carbocycles. The van der Waals surface area contributed by atoms with E-state index in [1.165, 1.54) is 0 Å². The summed E-state index contributed by atoms with van der Waals surface area (Å²) in [5.41, 5.74) is -0.675. The Bertz CT molecular complexity index is 599. The minimum atomic E-state index is -0.539. The fraction of sp³-hybridized carbons (Fsp3) is 0.0909. The molecule has 82 valence electrons. The molecule has 0 bridgehead atoms. The maximum atomic E-state index is 11.5. The molecule has 0 aliphatic heterocycles. The number of rotatable bonds is 2. The van der Waals surface area contributed by atoms with E-state index in [1.54, 1.807) is 31.2 Å². The van der Waals surface area contributed by atoms with Crippen LogP contribution in [0.15, 0.2) is 39.9 Å². The number of ether oxygens (including phenoxy) is 1. The van der Waals surface area contributed by atoms with Crippen LogP contribution in [0.5, 0.6) is 11.5 Å². The van der Waals surface area contributed by atoms with Crippen molar-refractivity contribution in [1.29, 1.82) is 0 Å². The summed E-state index contributed by atoms with van der Waals surface area (Å²) in [6.45, 7) is 1.61. The van der Waals surface area contributed by atoms with E-state index in [0.717, 1.165) is 0 Å². The molecule has 0 radical (unpaired) electrons. The number of benzene rings is 1. The Balaban J connectivity index is 2.43. The highest BCUT2D eigenvalue weighted by molar-refractivity contribution is 5.31. The summed E-state index contributed by atoms with van der Waals surface area (Å²) in [6.07, 6.45) is 0. The molecule has 0 fully saturated rings. The Morgan fingerprint density at radius 2 is 1.75 bits per heavy atom. The van der Waals surface area contributed by atoms with Gasteiger partial charge >= 0.3 is 5.69 Å². The Morgan fingerprint density at radius 3 is 2.38 bits per heavy atom. The highest BCUT2D eigenvalue weighted by Gasteiger charge is 2.07. The molecule has 0 aliphatic carbocycles. The van der Waals surface area contributed by atoms with Gasteiger partial charge in [0.1, 0.15) is 5.75 Å². The highest BCUT2D eigenvalue weighted by atomic mass is 16.5. The van der Waals surface area contributed by atoms with Crippen LogP contribution < -0.4 is 16.0 Å². The zero-order chi connectivity index (χ0) is 11.5. The van der Waals surface area contributed by atoms with Gasteiger partial charge in [0.05, 0.1) is 5.69 Å². The van der Waals surface area contributed by atoms with Gasteiger partial charge in [-0.15, -0.1) is 0 Å². The van der Waals surface area contributed by atoms with Gasteiger partial charge in [-0.05, 0) is 19.1 Å². The van der Waals surface area contributed by atoms with Crippen molar-refractivity contribution in [2.75, 3.05) is 0 Å². The van der Waals surface area contributed by atoms with Gasteiger partial charge in [0, 0.05) is 0 Å². The third kappa shape index (κ3) is 2.03. The molecule has 2 rings (SSSR count). The fourth-order valence-corrected chi connectivity index (χ4v) is 1.32. The van der Waals surface area contributed by atoms with Crippen molar-refractivity contribution in [2.24, 2.45) is 0 Å². The molecular weight excluding hydrogens is 208 g/mol. The molecule has 1 aromatic heterocycles. The fourth-order valence-electron chi connectivity index (χ4n) is 1.32. The number of H-pyrrole nitrogens is 2. The molecule has 0 spiro atoms. The molecule has 0 atom stereocenters. The zero-order valence-corrected chi connectivity index (χ0v) is 8.61. The van der Waals surface area contributed by atoms with Crippen molar-refractivity contribution in [2.45, 2.75) is 6.92 Å². The molecule has 5 nitrogen and oxygen atoms in total. The maximum absolute atomic E-state index is 11.5. The van der Waals surface area contributed by atoms with Crippen molar-refractivity contribution < 1.29 is 4.74 Å². The van der Waals surface area contributed by atoms with Crippen LogP contribution in [0.1, 0.15) is 5.69 Å². The summed E-state index contributed by atoms with van der Waals surface area (Å²) >= 11 is 0. The van der Waals surface area contributed by atoms with Gasteiger partial charge < -0.3 is 9.72 Å². The number of hydrogen-bond acceptors (Lipinski definition) is 3. The van der Waals surface area contributed by atoms with Gasteiger partial charge in [0.25, 0.3) is 5.56 Å². The maximum Gasteiger partial charge on any atom is 0.326 e. The van der Waals surface area contributed by atoms with E-state index >= 15 is 0 Å². The molecule has 2 N–H and O–H groups in total. The Labute approximate surface area is 90.7 Å². The Kier molecular flexibility index (Phi) is 2.59. The molecule has 16 heavy (non-hydrogen) atoms. The smallest absolute Gasteiger partial charge is 0.326 e. The Hall–Kier alpha value is -2.30. The molecule has 0 aliphatic rings.